The van der Waals surface area contributed by atoms with Crippen LogP contribution in [0.3, 0.4) is 0 Å². The molecule has 1 aliphatic rings. The van der Waals surface area contributed by atoms with Crippen molar-refractivity contribution in [2.24, 2.45) is 5.10 Å². The molecule has 0 spiro atoms. The van der Waals surface area contributed by atoms with E-state index in [9.17, 15) is 13.2 Å². The molecule has 0 unspecified atom stereocenters. The fourth-order valence-corrected chi connectivity index (χ4v) is 4.53. The molecule has 1 N–H and O–H groups in total. The first-order valence-corrected chi connectivity index (χ1v) is 10.9. The predicted molar refractivity (Wildman–Crippen MR) is 113 cm³/mol. The van der Waals surface area contributed by atoms with Gasteiger partial charge in [-0.15, -0.1) is 0 Å². The van der Waals surface area contributed by atoms with Crippen molar-refractivity contribution in [1.82, 2.24) is 5.43 Å². The number of ether oxygens (including phenoxy) is 1. The van der Waals surface area contributed by atoms with Crippen molar-refractivity contribution in [2.75, 3.05) is 18.0 Å². The van der Waals surface area contributed by atoms with Gasteiger partial charge in [0.15, 0.2) is 0 Å². The van der Waals surface area contributed by atoms with Crippen LogP contribution < -0.4 is 14.5 Å². The van der Waals surface area contributed by atoms with Gasteiger partial charge in [0, 0.05) is 11.8 Å². The van der Waals surface area contributed by atoms with Crippen LogP contribution in [0.15, 0.2) is 58.5 Å². The summed E-state index contributed by atoms with van der Waals surface area (Å²) in [4.78, 5) is 12.6. The molecule has 2 aromatic carbocycles. The Balaban J connectivity index is 1.91. The zero-order valence-corrected chi connectivity index (χ0v) is 17.4. The maximum absolute atomic E-state index is 13.3. The number of rotatable bonds is 7. The van der Waals surface area contributed by atoms with Gasteiger partial charge in [-0.1, -0.05) is 23.8 Å². The van der Waals surface area contributed by atoms with Gasteiger partial charge in [-0.2, -0.15) is 5.10 Å². The van der Waals surface area contributed by atoms with Crippen molar-refractivity contribution in [3.63, 3.8) is 0 Å². The molecule has 0 heterocycles. The Bertz CT molecular complexity index is 993. The van der Waals surface area contributed by atoms with Crippen molar-refractivity contribution in [3.05, 3.63) is 54.1 Å². The Morgan fingerprint density at radius 2 is 1.83 bits per heavy atom. The van der Waals surface area contributed by atoms with Crippen molar-refractivity contribution in [1.29, 1.82) is 0 Å². The van der Waals surface area contributed by atoms with Crippen LogP contribution in [0.25, 0.3) is 0 Å². The number of sulfonamides is 1. The summed E-state index contributed by atoms with van der Waals surface area (Å²) < 4.78 is 32.9. The molecule has 0 aliphatic heterocycles. The normalized spacial score (nSPS) is 13.8. The summed E-state index contributed by atoms with van der Waals surface area (Å²) >= 11 is 0. The molecular formula is C21H25N3O4S. The molecule has 1 fully saturated rings. The number of amides is 1. The first kappa shape index (κ1) is 20.9. The molecule has 0 saturated heterocycles. The Hall–Kier alpha value is -2.87. The smallest absolute Gasteiger partial charge is 0.264 e. The lowest BCUT2D eigenvalue weighted by atomic mass is 10.2. The zero-order valence-electron chi connectivity index (χ0n) is 16.6. The Kier molecular flexibility index (Phi) is 6.53. The van der Waals surface area contributed by atoms with Crippen LogP contribution in [0, 0.1) is 6.92 Å². The minimum atomic E-state index is -3.96. The van der Waals surface area contributed by atoms with Crippen molar-refractivity contribution in [3.8, 4) is 5.75 Å². The standard InChI is InChI=1S/C21H25N3O4S/c1-16-10-12-20(13-11-16)29(26,27)24(18-8-5-9-19(14-18)28-2)15-21(25)23-22-17-6-3-4-7-17/h5,8-14H,3-4,6-7,15H2,1-2H3,(H,23,25). The van der Waals surface area contributed by atoms with Crippen molar-refractivity contribution in [2.45, 2.75) is 37.5 Å². The number of carbonyl (C=O) groups excluding carboxylic acids is 1. The fraction of sp³-hybridized carbons (Fsp3) is 0.333. The predicted octanol–water partition coefficient (Wildman–Crippen LogP) is 3.25. The van der Waals surface area contributed by atoms with Gasteiger partial charge in [0.2, 0.25) is 0 Å². The van der Waals surface area contributed by atoms with Crippen molar-refractivity contribution >= 4 is 27.3 Å². The monoisotopic (exact) mass is 415 g/mol. The van der Waals surface area contributed by atoms with Gasteiger partial charge in [-0.3, -0.25) is 9.10 Å². The topological polar surface area (TPSA) is 88.1 Å². The number of carbonyl (C=O) groups is 1. The van der Waals surface area contributed by atoms with Gasteiger partial charge in [0.25, 0.3) is 15.9 Å². The molecule has 8 heteroatoms. The van der Waals surface area contributed by atoms with Gasteiger partial charge < -0.3 is 4.74 Å². The maximum Gasteiger partial charge on any atom is 0.264 e. The average Bonchev–Trinajstić information content (AvgIpc) is 3.24. The van der Waals surface area contributed by atoms with E-state index >= 15 is 0 Å². The Morgan fingerprint density at radius 3 is 2.48 bits per heavy atom. The van der Waals surface area contributed by atoms with Crippen LogP contribution in [0.1, 0.15) is 31.2 Å². The molecule has 3 rings (SSSR count). The molecule has 1 aliphatic carbocycles. The summed E-state index contributed by atoms with van der Waals surface area (Å²) in [5.74, 6) is 0.00104. The van der Waals surface area contributed by atoms with Gasteiger partial charge in [-0.05, 0) is 56.9 Å². The highest BCUT2D eigenvalue weighted by Gasteiger charge is 2.27. The maximum atomic E-state index is 13.3. The molecule has 0 atom stereocenters. The lowest BCUT2D eigenvalue weighted by Crippen LogP contribution is -2.39. The van der Waals surface area contributed by atoms with Crippen LogP contribution in [-0.4, -0.2) is 33.7 Å². The number of hydrogen-bond donors (Lipinski definition) is 1. The van der Waals surface area contributed by atoms with E-state index in [1.54, 1.807) is 36.4 Å². The van der Waals surface area contributed by atoms with E-state index in [-0.39, 0.29) is 11.4 Å². The van der Waals surface area contributed by atoms with E-state index in [1.165, 1.54) is 19.2 Å². The first-order valence-electron chi connectivity index (χ1n) is 9.48. The number of methoxy groups -OCH3 is 1. The molecule has 154 valence electrons. The lowest BCUT2D eigenvalue weighted by molar-refractivity contribution is -0.119. The number of hydrazone groups is 1. The molecule has 2 aromatic rings. The summed E-state index contributed by atoms with van der Waals surface area (Å²) in [5.41, 5.74) is 4.72. The molecule has 7 nitrogen and oxygen atoms in total. The number of anilines is 1. The largest absolute Gasteiger partial charge is 0.497 e. The minimum Gasteiger partial charge on any atom is -0.497 e. The Labute approximate surface area is 171 Å². The first-order chi connectivity index (χ1) is 13.9. The molecular weight excluding hydrogens is 390 g/mol. The molecule has 0 aromatic heterocycles. The SMILES string of the molecule is COc1cccc(N(CC(=O)NN=C2CCCC2)S(=O)(=O)c2ccc(C)cc2)c1. The highest BCUT2D eigenvalue weighted by Crippen LogP contribution is 2.27. The van der Waals surface area contributed by atoms with E-state index in [2.05, 4.69) is 10.5 Å². The van der Waals surface area contributed by atoms with E-state index in [0.29, 0.717) is 11.4 Å². The summed E-state index contributed by atoms with van der Waals surface area (Å²) in [5, 5.41) is 4.14. The second-order valence-corrected chi connectivity index (χ2v) is 8.81. The second-order valence-electron chi connectivity index (χ2n) is 6.95. The van der Waals surface area contributed by atoms with Gasteiger partial charge in [0.1, 0.15) is 12.3 Å². The number of aryl methyl sites for hydroxylation is 1. The van der Waals surface area contributed by atoms with Crippen LogP contribution in [0.4, 0.5) is 5.69 Å². The fourth-order valence-electron chi connectivity index (χ4n) is 3.12. The van der Waals surface area contributed by atoms with E-state index in [0.717, 1.165) is 41.3 Å². The number of benzene rings is 2. The summed E-state index contributed by atoms with van der Waals surface area (Å²) in [6.45, 7) is 1.49. The molecule has 29 heavy (non-hydrogen) atoms. The Morgan fingerprint density at radius 1 is 1.14 bits per heavy atom. The highest BCUT2D eigenvalue weighted by molar-refractivity contribution is 7.92. The van der Waals surface area contributed by atoms with Crippen LogP contribution in [-0.2, 0) is 14.8 Å². The zero-order chi connectivity index (χ0) is 20.9. The van der Waals surface area contributed by atoms with Gasteiger partial charge in [-0.25, -0.2) is 13.8 Å². The summed E-state index contributed by atoms with van der Waals surface area (Å²) in [6, 6.07) is 13.1. The van der Waals surface area contributed by atoms with Gasteiger partial charge in [0.05, 0.1) is 17.7 Å². The van der Waals surface area contributed by atoms with E-state index < -0.39 is 15.9 Å². The van der Waals surface area contributed by atoms with E-state index in [1.807, 2.05) is 6.92 Å². The van der Waals surface area contributed by atoms with Crippen molar-refractivity contribution < 1.29 is 17.9 Å². The highest BCUT2D eigenvalue weighted by atomic mass is 32.2. The quantitative estimate of drug-likeness (QED) is 0.703. The lowest BCUT2D eigenvalue weighted by Gasteiger charge is -2.24. The van der Waals surface area contributed by atoms with Crippen LogP contribution in [0.2, 0.25) is 0 Å². The summed E-state index contributed by atoms with van der Waals surface area (Å²) in [7, 11) is -2.46. The second kappa shape index (κ2) is 9.09. The molecule has 0 radical (unpaired) electrons. The van der Waals surface area contributed by atoms with Crippen LogP contribution >= 0.6 is 0 Å². The van der Waals surface area contributed by atoms with E-state index in [4.69, 9.17) is 4.74 Å². The third kappa shape index (κ3) is 5.14. The summed E-state index contributed by atoms with van der Waals surface area (Å²) in [6.07, 6.45) is 3.85. The number of nitrogens with one attached hydrogen (secondary N) is 1. The third-order valence-electron chi connectivity index (χ3n) is 4.76. The van der Waals surface area contributed by atoms with Crippen LogP contribution in [0.5, 0.6) is 5.75 Å². The molecule has 1 amide bonds. The number of nitrogens with zero attached hydrogens (tertiary/aromatic N) is 2. The number of hydrogen-bond acceptors (Lipinski definition) is 5. The molecule has 1 saturated carbocycles. The van der Waals surface area contributed by atoms with Gasteiger partial charge >= 0.3 is 0 Å². The molecule has 0 bridgehead atoms. The average molecular weight is 416 g/mol. The minimum absolute atomic E-state index is 0.112. The third-order valence-corrected chi connectivity index (χ3v) is 6.55.